The number of aromatic nitrogens is 4. The molecule has 170 valence electrons. The average Bonchev–Trinajstić information content (AvgIpc) is 3.32. The van der Waals surface area contributed by atoms with Crippen molar-refractivity contribution in [2.24, 2.45) is 0 Å². The zero-order chi connectivity index (χ0) is 23.8. The van der Waals surface area contributed by atoms with E-state index < -0.39 is 5.41 Å². The van der Waals surface area contributed by atoms with Gasteiger partial charge < -0.3 is 20.6 Å². The molecule has 1 amide bonds. The molecule has 1 aliphatic heterocycles. The Labute approximate surface area is 191 Å². The molecule has 1 aromatic carbocycles. The molecule has 3 aromatic rings. The van der Waals surface area contributed by atoms with Crippen LogP contribution in [0.1, 0.15) is 23.7 Å². The quantitative estimate of drug-likeness (QED) is 0.524. The SMILES string of the molecule is Cc1cc(Nc2nccc(-c3cc(C#N)c4c(c3)C(C)(CO)CN4)n2)n(CC(=O)N(C)C)n1. The molecule has 1 aliphatic rings. The molecule has 0 spiro atoms. The highest BCUT2D eigenvalue weighted by Crippen LogP contribution is 2.41. The van der Waals surface area contributed by atoms with Gasteiger partial charge in [-0.1, -0.05) is 6.92 Å². The Balaban J connectivity index is 1.68. The summed E-state index contributed by atoms with van der Waals surface area (Å²) in [7, 11) is 3.39. The molecule has 3 N–H and O–H groups in total. The van der Waals surface area contributed by atoms with E-state index in [1.54, 1.807) is 37.1 Å². The van der Waals surface area contributed by atoms with E-state index in [0.717, 1.165) is 22.5 Å². The lowest BCUT2D eigenvalue weighted by Crippen LogP contribution is -2.28. The van der Waals surface area contributed by atoms with Gasteiger partial charge in [0.25, 0.3) is 0 Å². The normalized spacial score (nSPS) is 16.6. The van der Waals surface area contributed by atoms with Crippen LogP contribution < -0.4 is 10.6 Å². The second-order valence-corrected chi connectivity index (χ2v) is 8.64. The third-order valence-corrected chi connectivity index (χ3v) is 5.79. The summed E-state index contributed by atoms with van der Waals surface area (Å²) in [5.41, 5.74) is 3.82. The highest BCUT2D eigenvalue weighted by atomic mass is 16.3. The highest BCUT2D eigenvalue weighted by Gasteiger charge is 2.36. The largest absolute Gasteiger partial charge is 0.395 e. The molecule has 0 aliphatic carbocycles. The number of aliphatic hydroxyl groups excluding tert-OH is 1. The summed E-state index contributed by atoms with van der Waals surface area (Å²) in [4.78, 5) is 22.6. The number of nitrogens with one attached hydrogen (secondary N) is 2. The lowest BCUT2D eigenvalue weighted by molar-refractivity contribution is -0.129. The van der Waals surface area contributed by atoms with Crippen LogP contribution in [0.25, 0.3) is 11.3 Å². The van der Waals surface area contributed by atoms with Crippen molar-refractivity contribution in [3.63, 3.8) is 0 Å². The first-order valence-electron chi connectivity index (χ1n) is 10.5. The molecule has 10 heteroatoms. The van der Waals surface area contributed by atoms with E-state index in [-0.39, 0.29) is 19.1 Å². The number of nitriles is 1. The first-order chi connectivity index (χ1) is 15.7. The summed E-state index contributed by atoms with van der Waals surface area (Å²) in [6.07, 6.45) is 1.63. The molecule has 0 fully saturated rings. The number of aliphatic hydroxyl groups is 1. The number of aryl methyl sites for hydroxylation is 1. The molecule has 10 nitrogen and oxygen atoms in total. The van der Waals surface area contributed by atoms with Crippen LogP contribution >= 0.6 is 0 Å². The van der Waals surface area contributed by atoms with Gasteiger partial charge in [0.15, 0.2) is 0 Å². The van der Waals surface area contributed by atoms with E-state index in [9.17, 15) is 15.2 Å². The van der Waals surface area contributed by atoms with Gasteiger partial charge in [-0.15, -0.1) is 0 Å². The number of amides is 1. The molecule has 1 unspecified atom stereocenters. The maximum Gasteiger partial charge on any atom is 0.243 e. The van der Waals surface area contributed by atoms with Crippen molar-refractivity contribution in [3.8, 4) is 17.3 Å². The molecule has 0 radical (unpaired) electrons. The van der Waals surface area contributed by atoms with Gasteiger partial charge in [-0.25, -0.2) is 14.6 Å². The van der Waals surface area contributed by atoms with Crippen LogP contribution in [0.3, 0.4) is 0 Å². The van der Waals surface area contributed by atoms with Crippen LogP contribution in [-0.4, -0.2) is 62.9 Å². The number of nitrogens with zero attached hydrogens (tertiary/aromatic N) is 6. The first kappa shape index (κ1) is 22.2. The number of carbonyl (C=O) groups excluding carboxylic acids is 1. The summed E-state index contributed by atoms with van der Waals surface area (Å²) in [5, 5.41) is 30.4. The summed E-state index contributed by atoms with van der Waals surface area (Å²) in [5.74, 6) is 0.857. The molecule has 0 saturated heterocycles. The number of rotatable bonds is 6. The summed E-state index contributed by atoms with van der Waals surface area (Å²) in [6, 6.07) is 9.57. The molecule has 33 heavy (non-hydrogen) atoms. The van der Waals surface area contributed by atoms with Crippen molar-refractivity contribution in [3.05, 3.63) is 47.3 Å². The number of benzene rings is 1. The molecule has 0 bridgehead atoms. The topological polar surface area (TPSA) is 132 Å². The molecule has 3 heterocycles. The zero-order valence-electron chi connectivity index (χ0n) is 19.0. The van der Waals surface area contributed by atoms with Gasteiger partial charge in [0.1, 0.15) is 18.4 Å². The van der Waals surface area contributed by atoms with Gasteiger partial charge in [0, 0.05) is 43.9 Å². The summed E-state index contributed by atoms with van der Waals surface area (Å²) >= 11 is 0. The van der Waals surface area contributed by atoms with Gasteiger partial charge in [-0.2, -0.15) is 10.4 Å². The van der Waals surface area contributed by atoms with E-state index in [2.05, 4.69) is 31.8 Å². The number of hydrogen-bond acceptors (Lipinski definition) is 8. The molecule has 0 saturated carbocycles. The third-order valence-electron chi connectivity index (χ3n) is 5.79. The Morgan fingerprint density at radius 3 is 2.88 bits per heavy atom. The van der Waals surface area contributed by atoms with Crippen LogP contribution in [-0.2, 0) is 16.8 Å². The fourth-order valence-electron chi connectivity index (χ4n) is 3.79. The minimum Gasteiger partial charge on any atom is -0.395 e. The van der Waals surface area contributed by atoms with Gasteiger partial charge in [0.2, 0.25) is 11.9 Å². The fraction of sp³-hybridized carbons (Fsp3) is 0.348. The van der Waals surface area contributed by atoms with E-state index in [0.29, 0.717) is 29.6 Å². The van der Waals surface area contributed by atoms with Crippen LogP contribution in [0.5, 0.6) is 0 Å². The third kappa shape index (κ3) is 4.23. The van der Waals surface area contributed by atoms with Crippen molar-refractivity contribution in [1.29, 1.82) is 5.26 Å². The van der Waals surface area contributed by atoms with Gasteiger partial charge >= 0.3 is 0 Å². The van der Waals surface area contributed by atoms with E-state index >= 15 is 0 Å². The predicted octanol–water partition coefficient (Wildman–Crippen LogP) is 2.03. The van der Waals surface area contributed by atoms with E-state index in [1.165, 1.54) is 4.90 Å². The maximum absolute atomic E-state index is 12.2. The van der Waals surface area contributed by atoms with Crippen molar-refractivity contribution >= 4 is 23.4 Å². The standard InChI is InChI=1S/C23H26N8O2/c1-14-7-19(31(29-14)11-20(33)30(3)4)28-22-25-6-5-18(27-22)15-8-16(10-24)21-17(9-15)23(2,13-32)12-26-21/h5-9,26,32H,11-13H2,1-4H3,(H,25,27,28). The Morgan fingerprint density at radius 1 is 1.39 bits per heavy atom. The van der Waals surface area contributed by atoms with Gasteiger partial charge in [0.05, 0.1) is 29.2 Å². The monoisotopic (exact) mass is 446 g/mol. The Bertz CT molecular complexity index is 1260. The van der Waals surface area contributed by atoms with Crippen LogP contribution in [0, 0.1) is 18.3 Å². The second-order valence-electron chi connectivity index (χ2n) is 8.64. The first-order valence-corrected chi connectivity index (χ1v) is 10.5. The fourth-order valence-corrected chi connectivity index (χ4v) is 3.79. The number of fused-ring (bicyclic) bond motifs is 1. The zero-order valence-corrected chi connectivity index (χ0v) is 19.0. The predicted molar refractivity (Wildman–Crippen MR) is 124 cm³/mol. The summed E-state index contributed by atoms with van der Waals surface area (Å²) in [6.45, 7) is 4.42. The van der Waals surface area contributed by atoms with E-state index in [1.807, 2.05) is 26.0 Å². The van der Waals surface area contributed by atoms with Crippen LogP contribution in [0.4, 0.5) is 17.5 Å². The number of hydrogen-bond donors (Lipinski definition) is 3. The minimum atomic E-state index is -0.478. The number of carbonyl (C=O) groups is 1. The average molecular weight is 447 g/mol. The molecular formula is C23H26N8O2. The van der Waals surface area contributed by atoms with Crippen molar-refractivity contribution in [1.82, 2.24) is 24.6 Å². The van der Waals surface area contributed by atoms with Crippen LogP contribution in [0.15, 0.2) is 30.5 Å². The lowest BCUT2D eigenvalue weighted by Gasteiger charge is -2.21. The van der Waals surface area contributed by atoms with Crippen molar-refractivity contribution in [2.75, 3.05) is 37.9 Å². The summed E-state index contributed by atoms with van der Waals surface area (Å²) < 4.78 is 1.58. The Hall–Kier alpha value is -3.97. The maximum atomic E-state index is 12.2. The van der Waals surface area contributed by atoms with Crippen LogP contribution in [0.2, 0.25) is 0 Å². The highest BCUT2D eigenvalue weighted by molar-refractivity contribution is 5.77. The minimum absolute atomic E-state index is 0.0348. The molecule has 4 rings (SSSR count). The smallest absolute Gasteiger partial charge is 0.243 e. The number of anilines is 3. The van der Waals surface area contributed by atoms with E-state index in [4.69, 9.17) is 0 Å². The molecule has 2 aromatic heterocycles. The molecular weight excluding hydrogens is 420 g/mol. The second kappa shape index (κ2) is 8.52. The van der Waals surface area contributed by atoms with Crippen molar-refractivity contribution in [2.45, 2.75) is 25.8 Å². The Morgan fingerprint density at radius 2 is 2.18 bits per heavy atom. The van der Waals surface area contributed by atoms with Gasteiger partial charge in [-0.05, 0) is 30.7 Å². The van der Waals surface area contributed by atoms with Crippen molar-refractivity contribution < 1.29 is 9.90 Å². The number of likely N-dealkylation sites (N-methyl/N-ethyl adjacent to an activating group) is 1. The lowest BCUT2D eigenvalue weighted by atomic mass is 9.83. The Kier molecular flexibility index (Phi) is 5.74. The molecule has 1 atom stereocenters. The van der Waals surface area contributed by atoms with Gasteiger partial charge in [-0.3, -0.25) is 4.79 Å².